The molecule has 2 nitrogen and oxygen atoms in total. The number of ether oxygens (including phenoxy) is 1. The summed E-state index contributed by atoms with van der Waals surface area (Å²) in [6.45, 7) is 9.44. The average Bonchev–Trinajstić information content (AvgIpc) is 2.26. The predicted octanol–water partition coefficient (Wildman–Crippen LogP) is 4.44. The molecular formula is C15H24ClNO. The van der Waals surface area contributed by atoms with Crippen LogP contribution in [0, 0.1) is 5.41 Å². The molecule has 1 aromatic rings. The van der Waals surface area contributed by atoms with Gasteiger partial charge in [-0.1, -0.05) is 38.4 Å². The first-order valence-electron chi connectivity index (χ1n) is 6.43. The number of hydrogen-bond donors (Lipinski definition) is 1. The van der Waals surface area contributed by atoms with E-state index in [1.165, 1.54) is 0 Å². The molecule has 0 radical (unpaired) electrons. The van der Waals surface area contributed by atoms with E-state index in [0.29, 0.717) is 5.41 Å². The summed E-state index contributed by atoms with van der Waals surface area (Å²) in [5.41, 5.74) is 1.40. The molecule has 0 aromatic heterocycles. The van der Waals surface area contributed by atoms with Crippen molar-refractivity contribution in [2.45, 2.75) is 40.2 Å². The third kappa shape index (κ3) is 4.87. The van der Waals surface area contributed by atoms with E-state index < -0.39 is 0 Å². The Labute approximate surface area is 116 Å². The lowest BCUT2D eigenvalue weighted by atomic mass is 9.93. The molecule has 0 aliphatic rings. The van der Waals surface area contributed by atoms with Crippen molar-refractivity contribution in [2.75, 3.05) is 13.7 Å². The van der Waals surface area contributed by atoms with Crippen molar-refractivity contribution in [1.29, 1.82) is 0 Å². The summed E-state index contributed by atoms with van der Waals surface area (Å²) in [5, 5.41) is 3.93. The van der Waals surface area contributed by atoms with Crippen molar-refractivity contribution in [2.24, 2.45) is 5.41 Å². The molecular weight excluding hydrogens is 246 g/mol. The fraction of sp³-hybridized carbons (Fsp3) is 0.600. The average molecular weight is 270 g/mol. The molecule has 0 heterocycles. The van der Waals surface area contributed by atoms with E-state index in [4.69, 9.17) is 16.3 Å². The molecule has 1 atom stereocenters. The SMILES string of the molecule is CNC(C)c1ccc(OCCC(C)(C)C)cc1Cl. The molecule has 0 aliphatic heterocycles. The van der Waals surface area contributed by atoms with Crippen LogP contribution in [0.5, 0.6) is 5.75 Å². The third-order valence-corrected chi connectivity index (χ3v) is 3.32. The number of benzene rings is 1. The highest BCUT2D eigenvalue weighted by molar-refractivity contribution is 6.31. The van der Waals surface area contributed by atoms with Crippen molar-refractivity contribution in [3.05, 3.63) is 28.8 Å². The molecule has 0 amide bonds. The minimum absolute atomic E-state index is 0.251. The fourth-order valence-electron chi connectivity index (χ4n) is 1.58. The molecule has 0 saturated carbocycles. The third-order valence-electron chi connectivity index (χ3n) is 2.99. The van der Waals surface area contributed by atoms with Crippen LogP contribution in [0.2, 0.25) is 5.02 Å². The summed E-state index contributed by atoms with van der Waals surface area (Å²) in [6, 6.07) is 6.15. The maximum Gasteiger partial charge on any atom is 0.120 e. The van der Waals surface area contributed by atoms with Crippen LogP contribution >= 0.6 is 11.6 Å². The molecule has 18 heavy (non-hydrogen) atoms. The highest BCUT2D eigenvalue weighted by Crippen LogP contribution is 2.27. The molecule has 1 aromatic carbocycles. The minimum Gasteiger partial charge on any atom is -0.494 e. The zero-order valence-corrected chi connectivity index (χ0v) is 12.8. The van der Waals surface area contributed by atoms with Gasteiger partial charge in [-0.25, -0.2) is 0 Å². The molecule has 102 valence electrons. The summed E-state index contributed by atoms with van der Waals surface area (Å²) >= 11 is 6.25. The monoisotopic (exact) mass is 269 g/mol. The van der Waals surface area contributed by atoms with Gasteiger partial charge in [0.05, 0.1) is 6.61 Å². The first-order chi connectivity index (χ1) is 8.33. The van der Waals surface area contributed by atoms with Crippen molar-refractivity contribution in [1.82, 2.24) is 5.32 Å². The van der Waals surface area contributed by atoms with Crippen molar-refractivity contribution in [3.8, 4) is 5.75 Å². The molecule has 0 aliphatic carbocycles. The summed E-state index contributed by atoms with van der Waals surface area (Å²) in [5.74, 6) is 0.844. The maximum atomic E-state index is 6.25. The van der Waals surface area contributed by atoms with E-state index >= 15 is 0 Å². The van der Waals surface area contributed by atoms with Crippen molar-refractivity contribution >= 4 is 11.6 Å². The van der Waals surface area contributed by atoms with Crippen molar-refractivity contribution < 1.29 is 4.74 Å². The van der Waals surface area contributed by atoms with E-state index in [2.05, 4.69) is 33.0 Å². The van der Waals surface area contributed by atoms with Crippen molar-refractivity contribution in [3.63, 3.8) is 0 Å². The number of rotatable bonds is 5. The second-order valence-corrected chi connectivity index (χ2v) is 6.26. The lowest BCUT2D eigenvalue weighted by Gasteiger charge is -2.18. The molecule has 0 bridgehead atoms. The van der Waals surface area contributed by atoms with Crippen LogP contribution in [0.15, 0.2) is 18.2 Å². The maximum absolute atomic E-state index is 6.25. The Bertz CT molecular complexity index is 385. The summed E-state index contributed by atoms with van der Waals surface area (Å²) in [4.78, 5) is 0. The smallest absolute Gasteiger partial charge is 0.120 e. The Morgan fingerprint density at radius 2 is 2.00 bits per heavy atom. The van der Waals surface area contributed by atoms with Gasteiger partial charge in [-0.2, -0.15) is 0 Å². The van der Waals surface area contributed by atoms with Gasteiger partial charge < -0.3 is 10.1 Å². The van der Waals surface area contributed by atoms with Crippen LogP contribution in [0.25, 0.3) is 0 Å². The van der Waals surface area contributed by atoms with Gasteiger partial charge in [0.2, 0.25) is 0 Å². The van der Waals surface area contributed by atoms with E-state index in [1.54, 1.807) is 0 Å². The number of halogens is 1. The standard InChI is InChI=1S/C15H24ClNO/c1-11(17-5)13-7-6-12(10-14(13)16)18-9-8-15(2,3)4/h6-7,10-11,17H,8-9H2,1-5H3. The largest absolute Gasteiger partial charge is 0.494 e. The van der Waals surface area contributed by atoms with Crippen LogP contribution in [-0.4, -0.2) is 13.7 Å². The Balaban J connectivity index is 2.62. The Morgan fingerprint density at radius 1 is 1.33 bits per heavy atom. The molecule has 1 unspecified atom stereocenters. The van der Waals surface area contributed by atoms with Gasteiger partial charge in [-0.05, 0) is 43.5 Å². The van der Waals surface area contributed by atoms with Gasteiger partial charge >= 0.3 is 0 Å². The molecule has 1 N–H and O–H groups in total. The zero-order valence-electron chi connectivity index (χ0n) is 12.0. The van der Waals surface area contributed by atoms with E-state index in [-0.39, 0.29) is 6.04 Å². The lowest BCUT2D eigenvalue weighted by molar-refractivity contribution is 0.243. The second kappa shape index (κ2) is 6.44. The summed E-state index contributed by atoms with van der Waals surface area (Å²) in [6.07, 6.45) is 1.03. The number of hydrogen-bond acceptors (Lipinski definition) is 2. The van der Waals surface area contributed by atoms with E-state index in [0.717, 1.165) is 29.4 Å². The van der Waals surface area contributed by atoms with Crippen LogP contribution in [0.4, 0.5) is 0 Å². The van der Waals surface area contributed by atoms with Crippen LogP contribution < -0.4 is 10.1 Å². The fourth-order valence-corrected chi connectivity index (χ4v) is 1.91. The van der Waals surface area contributed by atoms with Gasteiger partial charge in [0.15, 0.2) is 0 Å². The minimum atomic E-state index is 0.251. The molecule has 1 rings (SSSR count). The van der Waals surface area contributed by atoms with Gasteiger partial charge in [0.25, 0.3) is 0 Å². The predicted molar refractivity (Wildman–Crippen MR) is 78.5 cm³/mol. The summed E-state index contributed by atoms with van der Waals surface area (Å²) < 4.78 is 5.73. The van der Waals surface area contributed by atoms with E-state index in [1.807, 2.05) is 25.2 Å². The van der Waals surface area contributed by atoms with Crippen LogP contribution in [0.1, 0.15) is 45.7 Å². The van der Waals surface area contributed by atoms with Gasteiger partial charge in [0, 0.05) is 11.1 Å². The number of nitrogens with one attached hydrogen (secondary N) is 1. The molecule has 0 saturated heterocycles. The Kier molecular flexibility index (Phi) is 5.48. The zero-order chi connectivity index (χ0) is 13.8. The Morgan fingerprint density at radius 3 is 2.50 bits per heavy atom. The molecule has 3 heteroatoms. The highest BCUT2D eigenvalue weighted by atomic mass is 35.5. The Hall–Kier alpha value is -0.730. The summed E-state index contributed by atoms with van der Waals surface area (Å²) in [7, 11) is 1.93. The normalized spacial score (nSPS) is 13.4. The van der Waals surface area contributed by atoms with E-state index in [9.17, 15) is 0 Å². The lowest BCUT2D eigenvalue weighted by Crippen LogP contribution is -2.13. The first kappa shape index (κ1) is 15.3. The van der Waals surface area contributed by atoms with Gasteiger partial charge in [0.1, 0.15) is 5.75 Å². The molecule has 0 spiro atoms. The second-order valence-electron chi connectivity index (χ2n) is 5.85. The molecule has 0 fully saturated rings. The highest BCUT2D eigenvalue weighted by Gasteiger charge is 2.11. The topological polar surface area (TPSA) is 21.3 Å². The first-order valence-corrected chi connectivity index (χ1v) is 6.81. The van der Waals surface area contributed by atoms with Gasteiger partial charge in [-0.3, -0.25) is 0 Å². The van der Waals surface area contributed by atoms with Crippen LogP contribution in [-0.2, 0) is 0 Å². The van der Waals surface area contributed by atoms with Gasteiger partial charge in [-0.15, -0.1) is 0 Å². The van der Waals surface area contributed by atoms with Crippen LogP contribution in [0.3, 0.4) is 0 Å². The quantitative estimate of drug-likeness (QED) is 0.854.